The quantitative estimate of drug-likeness (QED) is 0.369. The molecule has 11 heteroatoms. The van der Waals surface area contributed by atoms with Crippen LogP contribution in [-0.4, -0.2) is 48.7 Å². The molecule has 0 saturated carbocycles. The van der Waals surface area contributed by atoms with Gasteiger partial charge < -0.3 is 14.6 Å². The molecule has 0 aliphatic carbocycles. The average molecular weight is 531 g/mol. The highest BCUT2D eigenvalue weighted by Crippen LogP contribution is 2.34. The SMILES string of the molecule is CCc1cnc(N2CCC(n3cc(Cl)c4c(Cc5ccc(C(=O)O)cc5F)ncnc43)CC2)nc1.Cl. The Morgan fingerprint density at radius 3 is 2.53 bits per heavy atom. The predicted molar refractivity (Wildman–Crippen MR) is 138 cm³/mol. The molecule has 1 aromatic carbocycles. The lowest BCUT2D eigenvalue weighted by Gasteiger charge is -2.32. The number of rotatable bonds is 6. The van der Waals surface area contributed by atoms with Crippen LogP contribution in [0.25, 0.3) is 11.0 Å². The molecule has 0 unspecified atom stereocenters. The van der Waals surface area contributed by atoms with Crippen molar-refractivity contribution in [2.24, 2.45) is 0 Å². The zero-order valence-electron chi connectivity index (χ0n) is 19.6. The first kappa shape index (κ1) is 25.8. The van der Waals surface area contributed by atoms with Crippen molar-refractivity contribution in [2.75, 3.05) is 18.0 Å². The van der Waals surface area contributed by atoms with Crippen molar-refractivity contribution in [1.82, 2.24) is 24.5 Å². The Bertz CT molecular complexity index is 1390. The number of aromatic nitrogens is 5. The lowest BCUT2D eigenvalue weighted by Crippen LogP contribution is -2.35. The first-order chi connectivity index (χ1) is 16.9. The first-order valence-electron chi connectivity index (χ1n) is 11.5. The Hall–Kier alpha value is -3.30. The summed E-state index contributed by atoms with van der Waals surface area (Å²) in [5.74, 6) is -1.01. The molecule has 1 aliphatic heterocycles. The number of hydrogen-bond acceptors (Lipinski definition) is 6. The van der Waals surface area contributed by atoms with E-state index in [-0.39, 0.29) is 30.4 Å². The summed E-state index contributed by atoms with van der Waals surface area (Å²) in [5, 5.41) is 10.3. The minimum Gasteiger partial charge on any atom is -0.478 e. The number of piperidine rings is 1. The molecule has 3 aromatic heterocycles. The van der Waals surface area contributed by atoms with E-state index < -0.39 is 11.8 Å². The topological polar surface area (TPSA) is 97.0 Å². The second-order valence-corrected chi connectivity index (χ2v) is 9.06. The van der Waals surface area contributed by atoms with Crippen molar-refractivity contribution < 1.29 is 14.3 Å². The maximum absolute atomic E-state index is 14.6. The fourth-order valence-corrected chi connectivity index (χ4v) is 4.85. The second kappa shape index (κ2) is 10.8. The molecule has 0 bridgehead atoms. The van der Waals surface area contributed by atoms with Gasteiger partial charge in [-0.2, -0.15) is 0 Å². The zero-order valence-corrected chi connectivity index (χ0v) is 21.1. The van der Waals surface area contributed by atoms with Crippen LogP contribution in [0.4, 0.5) is 10.3 Å². The Morgan fingerprint density at radius 1 is 1.17 bits per heavy atom. The lowest BCUT2D eigenvalue weighted by molar-refractivity contribution is 0.0696. The fraction of sp³-hybridized carbons (Fsp3) is 0.320. The van der Waals surface area contributed by atoms with E-state index in [1.54, 1.807) is 0 Å². The van der Waals surface area contributed by atoms with Gasteiger partial charge in [-0.1, -0.05) is 24.6 Å². The molecule has 4 heterocycles. The van der Waals surface area contributed by atoms with E-state index in [1.807, 2.05) is 18.6 Å². The molecule has 0 atom stereocenters. The molecule has 5 rings (SSSR count). The van der Waals surface area contributed by atoms with Crippen LogP contribution in [0.3, 0.4) is 0 Å². The van der Waals surface area contributed by atoms with Crippen LogP contribution in [0.5, 0.6) is 0 Å². The van der Waals surface area contributed by atoms with Gasteiger partial charge >= 0.3 is 5.97 Å². The molecule has 36 heavy (non-hydrogen) atoms. The third-order valence-corrected chi connectivity index (χ3v) is 6.83. The molecule has 0 radical (unpaired) electrons. The third-order valence-electron chi connectivity index (χ3n) is 6.54. The van der Waals surface area contributed by atoms with Crippen molar-refractivity contribution in [3.05, 3.63) is 76.3 Å². The summed E-state index contributed by atoms with van der Waals surface area (Å²) in [5.41, 5.74) is 2.68. The minimum absolute atomic E-state index is 0. The van der Waals surface area contributed by atoms with Gasteiger partial charge in [0.05, 0.1) is 21.7 Å². The molecule has 0 spiro atoms. The number of benzene rings is 1. The monoisotopic (exact) mass is 530 g/mol. The van der Waals surface area contributed by atoms with Gasteiger partial charge in [0.2, 0.25) is 5.95 Å². The van der Waals surface area contributed by atoms with Gasteiger partial charge in [-0.3, -0.25) is 0 Å². The Balaban J connectivity index is 0.00000304. The van der Waals surface area contributed by atoms with Gasteiger partial charge in [0.15, 0.2) is 0 Å². The van der Waals surface area contributed by atoms with Gasteiger partial charge in [-0.15, -0.1) is 12.4 Å². The molecule has 1 aliphatic rings. The van der Waals surface area contributed by atoms with E-state index in [4.69, 9.17) is 16.7 Å². The van der Waals surface area contributed by atoms with Crippen molar-refractivity contribution in [3.63, 3.8) is 0 Å². The standard InChI is InChI=1S/C25H24ClFN6O2.ClH/c1-2-15-11-28-25(29-12-15)32-7-5-18(6-8-32)33-13-19(26)22-21(30-14-31-23(22)33)10-16-3-4-17(24(34)35)9-20(16)27;/h3-4,9,11-14,18H,2,5-8,10H2,1H3,(H,34,35);1H. The van der Waals surface area contributed by atoms with E-state index in [2.05, 4.69) is 36.3 Å². The summed E-state index contributed by atoms with van der Waals surface area (Å²) in [6.45, 7) is 3.70. The summed E-state index contributed by atoms with van der Waals surface area (Å²) in [4.78, 5) is 31.2. The normalized spacial score (nSPS) is 14.1. The van der Waals surface area contributed by atoms with Crippen LogP contribution in [0, 0.1) is 5.82 Å². The molecule has 1 saturated heterocycles. The van der Waals surface area contributed by atoms with Crippen LogP contribution in [0.1, 0.15) is 53.0 Å². The molecular weight excluding hydrogens is 506 g/mol. The first-order valence-corrected chi connectivity index (χ1v) is 11.9. The summed E-state index contributed by atoms with van der Waals surface area (Å²) in [6.07, 6.45) is 9.95. The smallest absolute Gasteiger partial charge is 0.335 e. The molecular formula is C25H25Cl2FN6O2. The third kappa shape index (κ3) is 4.99. The van der Waals surface area contributed by atoms with Crippen LogP contribution in [-0.2, 0) is 12.8 Å². The summed E-state index contributed by atoms with van der Waals surface area (Å²) < 4.78 is 16.6. The van der Waals surface area contributed by atoms with Gasteiger partial charge in [0.1, 0.15) is 17.8 Å². The Morgan fingerprint density at radius 2 is 1.89 bits per heavy atom. The summed E-state index contributed by atoms with van der Waals surface area (Å²) >= 11 is 6.63. The van der Waals surface area contributed by atoms with Gasteiger partial charge in [0, 0.05) is 44.1 Å². The maximum Gasteiger partial charge on any atom is 0.335 e. The number of hydrogen-bond donors (Lipinski definition) is 1. The van der Waals surface area contributed by atoms with Crippen LogP contribution >= 0.6 is 24.0 Å². The van der Waals surface area contributed by atoms with Gasteiger partial charge in [-0.05, 0) is 42.5 Å². The number of aryl methyl sites for hydroxylation is 1. The number of carbonyl (C=O) groups is 1. The zero-order chi connectivity index (χ0) is 24.5. The van der Waals surface area contributed by atoms with Crippen molar-refractivity contribution in [3.8, 4) is 0 Å². The number of halogens is 3. The highest BCUT2D eigenvalue weighted by Gasteiger charge is 2.25. The number of carboxylic acids is 1. The number of nitrogens with zero attached hydrogens (tertiary/aromatic N) is 6. The maximum atomic E-state index is 14.6. The average Bonchev–Trinajstić information content (AvgIpc) is 3.22. The number of fused-ring (bicyclic) bond motifs is 1. The van der Waals surface area contributed by atoms with Crippen LogP contribution < -0.4 is 4.90 Å². The number of carboxylic acid groups (broad SMARTS) is 1. The van der Waals surface area contributed by atoms with E-state index in [1.165, 1.54) is 18.5 Å². The number of aromatic carboxylic acids is 1. The van der Waals surface area contributed by atoms with E-state index in [0.29, 0.717) is 27.3 Å². The molecule has 8 nitrogen and oxygen atoms in total. The van der Waals surface area contributed by atoms with Crippen molar-refractivity contribution >= 4 is 47.0 Å². The molecule has 4 aromatic rings. The van der Waals surface area contributed by atoms with E-state index in [9.17, 15) is 9.18 Å². The highest BCUT2D eigenvalue weighted by atomic mass is 35.5. The number of anilines is 1. The highest BCUT2D eigenvalue weighted by molar-refractivity contribution is 6.35. The fourth-order valence-electron chi connectivity index (χ4n) is 4.55. The van der Waals surface area contributed by atoms with Crippen LogP contribution in [0.2, 0.25) is 5.02 Å². The molecule has 1 fully saturated rings. The largest absolute Gasteiger partial charge is 0.478 e. The van der Waals surface area contributed by atoms with Crippen molar-refractivity contribution in [1.29, 1.82) is 0 Å². The lowest BCUT2D eigenvalue weighted by atomic mass is 10.0. The minimum atomic E-state index is -1.17. The predicted octanol–water partition coefficient (Wildman–Crippen LogP) is 5.13. The Kier molecular flexibility index (Phi) is 7.70. The van der Waals surface area contributed by atoms with Gasteiger partial charge in [-0.25, -0.2) is 29.1 Å². The van der Waals surface area contributed by atoms with Gasteiger partial charge in [0.25, 0.3) is 0 Å². The van der Waals surface area contributed by atoms with E-state index >= 15 is 0 Å². The summed E-state index contributed by atoms with van der Waals surface area (Å²) in [7, 11) is 0. The Labute approximate surface area is 218 Å². The van der Waals surface area contributed by atoms with E-state index in [0.717, 1.165) is 49.9 Å². The second-order valence-electron chi connectivity index (χ2n) is 8.65. The van der Waals surface area contributed by atoms with Crippen molar-refractivity contribution in [2.45, 2.75) is 38.6 Å². The molecule has 188 valence electrons. The summed E-state index contributed by atoms with van der Waals surface area (Å²) in [6, 6.07) is 4.09. The molecule has 0 amide bonds. The van der Waals surface area contributed by atoms with Crippen LogP contribution in [0.15, 0.2) is 43.1 Å². The molecule has 1 N–H and O–H groups in total.